The van der Waals surface area contributed by atoms with Gasteiger partial charge in [-0.15, -0.1) is 11.3 Å². The minimum Gasteiger partial charge on any atom is -0.444 e. The molecular formula is C14H16N4O3S. The molecule has 1 amide bonds. The first-order valence-corrected chi connectivity index (χ1v) is 7.72. The Hall–Kier alpha value is -2.22. The summed E-state index contributed by atoms with van der Waals surface area (Å²) in [5, 5.41) is 9.74. The van der Waals surface area contributed by atoms with Crippen molar-refractivity contribution in [1.29, 1.82) is 0 Å². The Morgan fingerprint density at radius 2 is 2.18 bits per heavy atom. The summed E-state index contributed by atoms with van der Waals surface area (Å²) in [6.45, 7) is 5.40. The van der Waals surface area contributed by atoms with Gasteiger partial charge >= 0.3 is 6.09 Å². The number of nitrogens with one attached hydrogen (secondary N) is 2. The first-order valence-electron chi connectivity index (χ1n) is 6.90. The summed E-state index contributed by atoms with van der Waals surface area (Å²) in [7, 11) is 0. The minimum atomic E-state index is -0.567. The molecule has 0 aromatic carbocycles. The fourth-order valence-electron chi connectivity index (χ4n) is 2.21. The number of anilines is 1. The molecule has 1 aliphatic rings. The van der Waals surface area contributed by atoms with Crippen LogP contribution in [-0.2, 0) is 11.2 Å². The van der Waals surface area contributed by atoms with E-state index in [0.717, 1.165) is 4.88 Å². The van der Waals surface area contributed by atoms with Crippen molar-refractivity contribution in [3.63, 3.8) is 0 Å². The average Bonchev–Trinajstić information content (AvgIpc) is 2.97. The number of rotatable bonds is 1. The van der Waals surface area contributed by atoms with Gasteiger partial charge in [-0.1, -0.05) is 0 Å². The average molecular weight is 320 g/mol. The molecule has 0 radical (unpaired) electrons. The molecule has 22 heavy (non-hydrogen) atoms. The molecule has 116 valence electrons. The predicted molar refractivity (Wildman–Crippen MR) is 82.2 cm³/mol. The fraction of sp³-hybridized carbons (Fsp3) is 0.429. The minimum absolute atomic E-state index is 0.0272. The zero-order valence-electron chi connectivity index (χ0n) is 12.5. The molecule has 0 saturated heterocycles. The first-order chi connectivity index (χ1) is 10.3. The molecule has 0 spiro atoms. The van der Waals surface area contributed by atoms with Crippen molar-refractivity contribution >= 4 is 28.3 Å². The molecule has 0 aliphatic heterocycles. The van der Waals surface area contributed by atoms with Crippen molar-refractivity contribution in [2.45, 2.75) is 39.2 Å². The number of amides is 1. The molecule has 3 rings (SSSR count). The second kappa shape index (κ2) is 5.20. The molecular weight excluding hydrogens is 304 g/mol. The Kier molecular flexibility index (Phi) is 3.48. The lowest BCUT2D eigenvalue weighted by Crippen LogP contribution is -2.27. The number of fused-ring (bicyclic) bond motifs is 3. The largest absolute Gasteiger partial charge is 0.444 e. The maximum atomic E-state index is 12.0. The Labute approximate surface area is 131 Å². The molecule has 8 heteroatoms. The van der Waals surface area contributed by atoms with Crippen LogP contribution < -0.4 is 5.32 Å². The highest BCUT2D eigenvalue weighted by Gasteiger charge is 2.26. The lowest BCUT2D eigenvalue weighted by atomic mass is 10.1. The fourth-order valence-corrected chi connectivity index (χ4v) is 3.17. The van der Waals surface area contributed by atoms with E-state index < -0.39 is 11.7 Å². The lowest BCUT2D eigenvalue weighted by molar-refractivity contribution is 0.0635. The molecule has 1 aliphatic carbocycles. The standard InChI is InChI=1S/C14H16N4O3S/c1-14(2,3)21-13(20)17-12-16-11-7-6-15-18-10(7)8(19)4-5-9(11)22-12/h6H,4-5H2,1-3H3,(H,15,18)(H,16,17,20). The number of H-pyrrole nitrogens is 1. The number of ether oxygens (including phenoxy) is 1. The molecule has 0 saturated carbocycles. The van der Waals surface area contributed by atoms with E-state index in [1.54, 1.807) is 27.0 Å². The third-order valence-electron chi connectivity index (χ3n) is 3.06. The second-order valence-corrected chi connectivity index (χ2v) is 7.08. The quantitative estimate of drug-likeness (QED) is 0.842. The number of carbonyl (C=O) groups is 2. The van der Waals surface area contributed by atoms with Gasteiger partial charge in [0.25, 0.3) is 0 Å². The van der Waals surface area contributed by atoms with Crippen molar-refractivity contribution in [3.05, 3.63) is 16.8 Å². The Balaban J connectivity index is 1.87. The van der Waals surface area contributed by atoms with Crippen molar-refractivity contribution in [2.24, 2.45) is 0 Å². The molecule has 0 atom stereocenters. The molecule has 2 aromatic heterocycles. The molecule has 2 heterocycles. The number of carbonyl (C=O) groups excluding carboxylic acids is 2. The smallest absolute Gasteiger partial charge is 0.413 e. The topological polar surface area (TPSA) is 97.0 Å². The Morgan fingerprint density at radius 3 is 2.91 bits per heavy atom. The van der Waals surface area contributed by atoms with E-state index in [9.17, 15) is 9.59 Å². The van der Waals surface area contributed by atoms with E-state index in [1.807, 2.05) is 0 Å². The van der Waals surface area contributed by atoms with Crippen LogP contribution in [0.4, 0.5) is 9.93 Å². The van der Waals surface area contributed by atoms with Gasteiger partial charge in [-0.3, -0.25) is 15.2 Å². The summed E-state index contributed by atoms with van der Waals surface area (Å²) in [6.07, 6.45) is 2.05. The van der Waals surface area contributed by atoms with Gasteiger partial charge in [0.1, 0.15) is 11.3 Å². The van der Waals surface area contributed by atoms with E-state index >= 15 is 0 Å². The van der Waals surface area contributed by atoms with Crippen LogP contribution in [0.5, 0.6) is 0 Å². The summed E-state index contributed by atoms with van der Waals surface area (Å²) in [6, 6.07) is 0. The van der Waals surface area contributed by atoms with Crippen LogP contribution in [0.3, 0.4) is 0 Å². The molecule has 0 bridgehead atoms. The van der Waals surface area contributed by atoms with Crippen molar-refractivity contribution in [3.8, 4) is 11.3 Å². The molecule has 2 N–H and O–H groups in total. The van der Waals surface area contributed by atoms with Gasteiger partial charge in [-0.05, 0) is 27.2 Å². The summed E-state index contributed by atoms with van der Waals surface area (Å²) in [5.41, 5.74) is 1.30. The number of aromatic nitrogens is 3. The van der Waals surface area contributed by atoms with E-state index in [-0.39, 0.29) is 5.78 Å². The van der Waals surface area contributed by atoms with Crippen LogP contribution in [-0.4, -0.2) is 32.7 Å². The van der Waals surface area contributed by atoms with Crippen LogP contribution in [0.25, 0.3) is 11.3 Å². The van der Waals surface area contributed by atoms with Crippen LogP contribution in [0, 0.1) is 0 Å². The van der Waals surface area contributed by atoms with E-state index in [4.69, 9.17) is 4.74 Å². The van der Waals surface area contributed by atoms with Crippen LogP contribution in [0.15, 0.2) is 6.20 Å². The van der Waals surface area contributed by atoms with Gasteiger partial charge in [0.2, 0.25) is 0 Å². The number of ketones is 1. The van der Waals surface area contributed by atoms with Crippen molar-refractivity contribution < 1.29 is 14.3 Å². The highest BCUT2D eigenvalue weighted by atomic mass is 32.1. The van der Waals surface area contributed by atoms with Crippen molar-refractivity contribution in [1.82, 2.24) is 15.2 Å². The van der Waals surface area contributed by atoms with Crippen LogP contribution in [0.1, 0.15) is 42.6 Å². The Bertz CT molecular complexity index is 742. The maximum absolute atomic E-state index is 12.0. The first kappa shape index (κ1) is 14.7. The van der Waals surface area contributed by atoms with E-state index in [2.05, 4.69) is 20.5 Å². The SMILES string of the molecule is CC(C)(C)OC(=O)Nc1nc2c(s1)CCC(=O)c1[nH]ncc1-2. The van der Waals surface area contributed by atoms with Gasteiger partial charge in [-0.25, -0.2) is 9.78 Å². The molecule has 2 aromatic rings. The van der Waals surface area contributed by atoms with Crippen LogP contribution >= 0.6 is 11.3 Å². The van der Waals surface area contributed by atoms with Gasteiger partial charge < -0.3 is 4.74 Å². The monoisotopic (exact) mass is 320 g/mol. The van der Waals surface area contributed by atoms with Gasteiger partial charge in [0.15, 0.2) is 10.9 Å². The molecule has 7 nitrogen and oxygen atoms in total. The second-order valence-electron chi connectivity index (χ2n) is 6.00. The molecule has 0 fully saturated rings. The maximum Gasteiger partial charge on any atom is 0.413 e. The summed E-state index contributed by atoms with van der Waals surface area (Å²) >= 11 is 1.36. The number of aryl methyl sites for hydroxylation is 1. The van der Waals surface area contributed by atoms with E-state index in [0.29, 0.717) is 34.9 Å². The summed E-state index contributed by atoms with van der Waals surface area (Å²) in [5.74, 6) is 0.0272. The third kappa shape index (κ3) is 2.87. The number of Topliss-reactive ketones (excluding diaryl/α,β-unsaturated/α-hetero) is 1. The van der Waals surface area contributed by atoms with Gasteiger partial charge in [0, 0.05) is 11.3 Å². The number of nitrogens with zero attached hydrogens (tertiary/aromatic N) is 2. The summed E-state index contributed by atoms with van der Waals surface area (Å²) < 4.78 is 5.21. The Morgan fingerprint density at radius 1 is 1.41 bits per heavy atom. The highest BCUT2D eigenvalue weighted by Crippen LogP contribution is 2.36. The lowest BCUT2D eigenvalue weighted by Gasteiger charge is -2.18. The summed E-state index contributed by atoms with van der Waals surface area (Å²) in [4.78, 5) is 29.2. The molecule has 0 unspecified atom stereocenters. The number of aromatic amines is 1. The number of hydrogen-bond donors (Lipinski definition) is 2. The van der Waals surface area contributed by atoms with Gasteiger partial charge in [-0.2, -0.15) is 5.10 Å². The predicted octanol–water partition coefficient (Wildman–Crippen LogP) is 3.01. The van der Waals surface area contributed by atoms with E-state index in [1.165, 1.54) is 11.3 Å². The zero-order chi connectivity index (χ0) is 15.9. The highest BCUT2D eigenvalue weighted by molar-refractivity contribution is 7.16. The van der Waals surface area contributed by atoms with Gasteiger partial charge in [0.05, 0.1) is 17.5 Å². The third-order valence-corrected chi connectivity index (χ3v) is 4.09. The van der Waals surface area contributed by atoms with Crippen molar-refractivity contribution in [2.75, 3.05) is 5.32 Å². The normalized spacial score (nSPS) is 14.0. The number of thiazole rings is 1. The number of hydrogen-bond acceptors (Lipinski definition) is 6. The van der Waals surface area contributed by atoms with Crippen LogP contribution in [0.2, 0.25) is 0 Å². The zero-order valence-corrected chi connectivity index (χ0v) is 13.3.